The zero-order valence-electron chi connectivity index (χ0n) is 26.2. The zero-order chi connectivity index (χ0) is 30.9. The third-order valence-corrected chi connectivity index (χ3v) is 10.9. The van der Waals surface area contributed by atoms with Gasteiger partial charge in [-0.2, -0.15) is 0 Å². The van der Waals surface area contributed by atoms with Crippen molar-refractivity contribution in [1.82, 2.24) is 0 Å². The summed E-state index contributed by atoms with van der Waals surface area (Å²) in [5.74, 6) is -1.56. The highest BCUT2D eigenvalue weighted by molar-refractivity contribution is 6.74. The molecule has 1 rings (SSSR count). The molecule has 12 heteroatoms. The first kappa shape index (κ1) is 38.3. The van der Waals surface area contributed by atoms with Crippen molar-refractivity contribution in [3.63, 3.8) is 0 Å². The minimum atomic E-state index is -1.70. The maximum atomic E-state index is 11.9. The molecule has 0 heterocycles. The predicted octanol–water partition coefficient (Wildman–Crippen LogP) is 3.55. The molecule has 0 atom stereocenters. The molecule has 11 nitrogen and oxygen atoms in total. The first-order chi connectivity index (χ1) is 20.1. The predicted molar refractivity (Wildman–Crippen MR) is 161 cm³/mol. The molecule has 0 aliphatic carbocycles. The summed E-state index contributed by atoms with van der Waals surface area (Å²) in [6, 6.07) is 8.27. The van der Waals surface area contributed by atoms with Crippen LogP contribution in [0.5, 0.6) is 0 Å². The molecule has 42 heavy (non-hydrogen) atoms. The third-order valence-electron chi connectivity index (χ3n) is 6.41. The van der Waals surface area contributed by atoms with Gasteiger partial charge in [0.1, 0.15) is 6.61 Å². The topological polar surface area (TPSA) is 117 Å². The van der Waals surface area contributed by atoms with Crippen LogP contribution >= 0.6 is 0 Å². The van der Waals surface area contributed by atoms with Crippen molar-refractivity contribution in [2.45, 2.75) is 38.9 Å². The molecule has 0 aliphatic heterocycles. The monoisotopic (exact) mass is 616 g/mol. The van der Waals surface area contributed by atoms with Gasteiger partial charge in [-0.05, 0) is 18.1 Å². The van der Waals surface area contributed by atoms with Gasteiger partial charge in [-0.1, -0.05) is 51.1 Å². The molecule has 0 N–H and O–H groups in total. The van der Waals surface area contributed by atoms with Gasteiger partial charge in [-0.15, -0.1) is 0 Å². The molecular weight excluding hydrogens is 564 g/mol. The molecule has 0 fully saturated rings. The number of esters is 1. The van der Waals surface area contributed by atoms with Gasteiger partial charge >= 0.3 is 5.97 Å². The van der Waals surface area contributed by atoms with Crippen molar-refractivity contribution in [1.29, 1.82) is 0 Å². The van der Waals surface area contributed by atoms with Crippen LogP contribution in [0, 0.1) is 0 Å². The molecule has 0 spiro atoms. The quantitative estimate of drug-likeness (QED) is 0.0475. The lowest BCUT2D eigenvalue weighted by atomic mass is 10.1. The normalized spacial score (nSPS) is 12.0. The van der Waals surface area contributed by atoms with Crippen molar-refractivity contribution < 1.29 is 51.9 Å². The Hall–Kier alpha value is -1.74. The molecule has 242 valence electrons. The summed E-state index contributed by atoms with van der Waals surface area (Å²) in [6.07, 6.45) is 0. The van der Waals surface area contributed by atoms with Gasteiger partial charge < -0.3 is 42.3 Å². The van der Waals surface area contributed by atoms with E-state index in [9.17, 15) is 9.59 Å². The Balaban J connectivity index is 1.74. The number of benzene rings is 1. The summed E-state index contributed by atoms with van der Waals surface area (Å²) in [7, 11) is -1.70. The van der Waals surface area contributed by atoms with E-state index in [1.54, 1.807) is 30.3 Å². The molecule has 1 aromatic rings. The second-order valence-corrected chi connectivity index (χ2v) is 15.5. The lowest BCUT2D eigenvalue weighted by Gasteiger charge is -2.36. The number of ether oxygens (including phenoxy) is 8. The lowest BCUT2D eigenvalue weighted by Crippen LogP contribution is -2.41. The third kappa shape index (κ3) is 19.4. The summed E-state index contributed by atoms with van der Waals surface area (Å²) in [6.45, 7) is 18.2. The van der Waals surface area contributed by atoms with Crippen molar-refractivity contribution in [2.24, 2.45) is 0 Å². The first-order valence-corrected chi connectivity index (χ1v) is 17.5. The number of hydrogen-bond donors (Lipinski definition) is 0. The highest BCUT2D eigenvalue weighted by Gasteiger charge is 2.36. The minimum Gasteiger partial charge on any atom is -0.457 e. The van der Waals surface area contributed by atoms with E-state index in [1.165, 1.54) is 0 Å². The molecule has 0 saturated heterocycles. The molecule has 0 aliphatic rings. The molecule has 0 bridgehead atoms. The summed E-state index contributed by atoms with van der Waals surface area (Å²) >= 11 is 0. The fourth-order valence-electron chi connectivity index (χ4n) is 2.96. The molecule has 0 amide bonds. The van der Waals surface area contributed by atoms with Gasteiger partial charge in [-0.3, -0.25) is 4.79 Å². The fraction of sp³-hybridized carbons (Fsp3) is 0.733. The van der Waals surface area contributed by atoms with Gasteiger partial charge in [0.25, 0.3) is 5.78 Å². The molecule has 0 unspecified atom stereocenters. The van der Waals surface area contributed by atoms with E-state index in [1.807, 2.05) is 0 Å². The SMILES string of the molecule is CC(C)(C)[Si](C)(C)OCCOCCOCCOCCOCCOCCOCCOCCOC(=O)C(=O)c1ccccc1. The van der Waals surface area contributed by atoms with E-state index in [0.717, 1.165) is 0 Å². The van der Waals surface area contributed by atoms with E-state index < -0.39 is 20.1 Å². The van der Waals surface area contributed by atoms with Gasteiger partial charge in [0.05, 0.1) is 99.1 Å². The van der Waals surface area contributed by atoms with Crippen LogP contribution < -0.4 is 0 Å². The summed E-state index contributed by atoms with van der Waals surface area (Å²) in [5, 5.41) is 0.209. The Kier molecular flexibility index (Phi) is 21.6. The number of hydrogen-bond acceptors (Lipinski definition) is 11. The average Bonchev–Trinajstić information content (AvgIpc) is 2.96. The van der Waals surface area contributed by atoms with Crippen LogP contribution in [0.1, 0.15) is 31.1 Å². The first-order valence-electron chi connectivity index (χ1n) is 14.6. The molecule has 1 aromatic carbocycles. The molecule has 0 radical (unpaired) electrons. The van der Waals surface area contributed by atoms with Crippen LogP contribution in [0.25, 0.3) is 0 Å². The highest BCUT2D eigenvalue weighted by Crippen LogP contribution is 2.36. The van der Waals surface area contributed by atoms with Crippen LogP contribution in [0.3, 0.4) is 0 Å². The summed E-state index contributed by atoms with van der Waals surface area (Å²) < 4.78 is 49.2. The van der Waals surface area contributed by atoms with Gasteiger partial charge in [0, 0.05) is 5.56 Å². The number of ketones is 1. The van der Waals surface area contributed by atoms with Crippen molar-refractivity contribution in [2.75, 3.05) is 106 Å². The Bertz CT molecular complexity index is 815. The van der Waals surface area contributed by atoms with E-state index in [2.05, 4.69) is 33.9 Å². The van der Waals surface area contributed by atoms with Crippen LogP contribution in [-0.2, 0) is 47.1 Å². The maximum absolute atomic E-state index is 11.9. The second-order valence-electron chi connectivity index (χ2n) is 10.7. The van der Waals surface area contributed by atoms with Crippen LogP contribution in [-0.4, -0.2) is 126 Å². The van der Waals surface area contributed by atoms with E-state index in [0.29, 0.717) is 98.1 Å². The van der Waals surface area contributed by atoms with E-state index in [-0.39, 0.29) is 18.3 Å². The minimum absolute atomic E-state index is 0.00334. The Morgan fingerprint density at radius 2 is 0.881 bits per heavy atom. The highest BCUT2D eigenvalue weighted by atomic mass is 28.4. The van der Waals surface area contributed by atoms with Gasteiger partial charge in [0.15, 0.2) is 8.32 Å². The Labute approximate surface area is 252 Å². The van der Waals surface area contributed by atoms with Crippen molar-refractivity contribution >= 4 is 20.1 Å². The molecular formula is C30H52O11Si. The summed E-state index contributed by atoms with van der Waals surface area (Å²) in [4.78, 5) is 23.6. The number of rotatable bonds is 27. The lowest BCUT2D eigenvalue weighted by molar-refractivity contribution is -0.139. The number of Topliss-reactive ketones (excluding diaryl/α,β-unsaturated/α-hetero) is 1. The number of carbonyl (C=O) groups excluding carboxylic acids is 2. The van der Waals surface area contributed by atoms with Gasteiger partial charge in [0.2, 0.25) is 0 Å². The van der Waals surface area contributed by atoms with Crippen molar-refractivity contribution in [3.05, 3.63) is 35.9 Å². The van der Waals surface area contributed by atoms with E-state index >= 15 is 0 Å². The smallest absolute Gasteiger partial charge is 0.379 e. The Morgan fingerprint density at radius 3 is 1.24 bits per heavy atom. The molecule has 0 saturated carbocycles. The largest absolute Gasteiger partial charge is 0.457 e. The van der Waals surface area contributed by atoms with Crippen LogP contribution in [0.2, 0.25) is 18.1 Å². The Morgan fingerprint density at radius 1 is 0.548 bits per heavy atom. The standard InChI is InChI=1S/C30H52O11Si/c1-30(2,3)42(4,5)41-26-24-39-22-20-37-18-16-35-14-12-33-11-13-34-15-17-36-19-21-38-23-25-40-29(32)28(31)27-9-7-6-8-10-27/h6-10H,11-26H2,1-5H3. The second kappa shape index (κ2) is 23.7. The average molecular weight is 617 g/mol. The van der Waals surface area contributed by atoms with Crippen LogP contribution in [0.4, 0.5) is 0 Å². The molecule has 0 aromatic heterocycles. The fourth-order valence-corrected chi connectivity index (χ4v) is 3.99. The zero-order valence-corrected chi connectivity index (χ0v) is 27.2. The summed E-state index contributed by atoms with van der Waals surface area (Å²) in [5.41, 5.74) is 0.300. The van der Waals surface area contributed by atoms with E-state index in [4.69, 9.17) is 42.3 Å². The maximum Gasteiger partial charge on any atom is 0.379 e. The van der Waals surface area contributed by atoms with Crippen LogP contribution in [0.15, 0.2) is 30.3 Å². The van der Waals surface area contributed by atoms with Crippen molar-refractivity contribution in [3.8, 4) is 0 Å². The number of carbonyl (C=O) groups is 2. The van der Waals surface area contributed by atoms with Gasteiger partial charge in [-0.25, -0.2) is 4.79 Å².